The van der Waals surface area contributed by atoms with Gasteiger partial charge in [-0.2, -0.15) is 0 Å². The molecule has 1 saturated carbocycles. The Labute approximate surface area is 98.6 Å². The predicted molar refractivity (Wildman–Crippen MR) is 61.8 cm³/mol. The highest BCUT2D eigenvalue weighted by molar-refractivity contribution is 5.54. The van der Waals surface area contributed by atoms with Gasteiger partial charge in [-0.15, -0.1) is 0 Å². The van der Waals surface area contributed by atoms with Gasteiger partial charge in [-0.05, 0) is 22.7 Å². The second-order valence-electron chi connectivity index (χ2n) is 4.56. The molecule has 0 amide bonds. The van der Waals surface area contributed by atoms with Crippen LogP contribution in [0.3, 0.4) is 0 Å². The van der Waals surface area contributed by atoms with Gasteiger partial charge in [0.1, 0.15) is 0 Å². The van der Waals surface area contributed by atoms with E-state index in [4.69, 9.17) is 0 Å². The molecule has 1 fully saturated rings. The lowest BCUT2D eigenvalue weighted by molar-refractivity contribution is -0.388. The molecule has 0 spiro atoms. The van der Waals surface area contributed by atoms with E-state index in [2.05, 4.69) is 10.3 Å². The molecule has 0 saturated heterocycles. The summed E-state index contributed by atoms with van der Waals surface area (Å²) in [5, 5.41) is 23.4. The van der Waals surface area contributed by atoms with Gasteiger partial charge in [-0.3, -0.25) is 4.57 Å². The quantitative estimate of drug-likeness (QED) is 0.606. The Balaban J connectivity index is 2.28. The zero-order valence-electron chi connectivity index (χ0n) is 9.72. The van der Waals surface area contributed by atoms with Gasteiger partial charge in [-0.1, -0.05) is 12.8 Å². The first kappa shape index (κ1) is 11.8. The summed E-state index contributed by atoms with van der Waals surface area (Å²) in [6.07, 6.45) is 5.11. The van der Waals surface area contributed by atoms with Crippen LogP contribution >= 0.6 is 0 Å². The van der Waals surface area contributed by atoms with Crippen LogP contribution in [0.1, 0.15) is 25.7 Å². The van der Waals surface area contributed by atoms with E-state index < -0.39 is 10.5 Å². The van der Waals surface area contributed by atoms with Gasteiger partial charge < -0.3 is 20.5 Å². The third kappa shape index (κ3) is 2.10. The summed E-state index contributed by atoms with van der Waals surface area (Å²) in [6.45, 7) is -0.0185. The molecule has 7 heteroatoms. The van der Waals surface area contributed by atoms with Gasteiger partial charge in [0, 0.05) is 7.05 Å². The molecule has 1 aliphatic carbocycles. The number of anilines is 1. The van der Waals surface area contributed by atoms with Crippen molar-refractivity contribution in [2.45, 2.75) is 31.2 Å². The number of hydrogen-bond donors (Lipinski definition) is 2. The number of nitrogens with zero attached hydrogens (tertiary/aromatic N) is 3. The molecule has 1 aliphatic rings. The minimum absolute atomic E-state index is 0.0185. The molecule has 94 valence electrons. The van der Waals surface area contributed by atoms with Crippen LogP contribution in [0, 0.1) is 10.1 Å². The van der Waals surface area contributed by atoms with Gasteiger partial charge in [-0.25, -0.2) is 0 Å². The van der Waals surface area contributed by atoms with Gasteiger partial charge in [0.2, 0.25) is 12.1 Å². The molecule has 0 bridgehead atoms. The van der Waals surface area contributed by atoms with Crippen LogP contribution in [-0.2, 0) is 7.05 Å². The van der Waals surface area contributed by atoms with Crippen molar-refractivity contribution < 1.29 is 10.0 Å². The average molecular weight is 240 g/mol. The zero-order valence-corrected chi connectivity index (χ0v) is 9.72. The van der Waals surface area contributed by atoms with Gasteiger partial charge >= 0.3 is 5.82 Å². The molecule has 0 aliphatic heterocycles. The Morgan fingerprint density at radius 1 is 1.65 bits per heavy atom. The first-order valence-corrected chi connectivity index (χ1v) is 5.63. The van der Waals surface area contributed by atoms with E-state index in [0.717, 1.165) is 25.7 Å². The minimum atomic E-state index is -0.512. The Hall–Kier alpha value is -1.63. The number of aryl methyl sites for hydroxylation is 1. The van der Waals surface area contributed by atoms with Crippen molar-refractivity contribution in [2.75, 3.05) is 11.9 Å². The summed E-state index contributed by atoms with van der Waals surface area (Å²) in [5.41, 5.74) is -0.432. The van der Waals surface area contributed by atoms with Crippen molar-refractivity contribution in [3.63, 3.8) is 0 Å². The molecular weight excluding hydrogens is 224 g/mol. The Morgan fingerprint density at radius 2 is 2.29 bits per heavy atom. The van der Waals surface area contributed by atoms with Crippen molar-refractivity contribution in [2.24, 2.45) is 7.05 Å². The lowest BCUT2D eigenvalue weighted by Gasteiger charge is -2.28. The fraction of sp³-hybridized carbons (Fsp3) is 0.700. The number of imidazole rings is 1. The molecule has 1 heterocycles. The molecule has 0 unspecified atom stereocenters. The van der Waals surface area contributed by atoms with Crippen LogP contribution in [-0.4, -0.2) is 31.7 Å². The molecular formula is C10H16N4O3. The molecule has 2 rings (SSSR count). The highest BCUT2D eigenvalue weighted by atomic mass is 16.6. The fourth-order valence-corrected chi connectivity index (χ4v) is 2.32. The molecule has 7 nitrogen and oxygen atoms in total. The summed E-state index contributed by atoms with van der Waals surface area (Å²) < 4.78 is 1.58. The second-order valence-corrected chi connectivity index (χ2v) is 4.56. The van der Waals surface area contributed by atoms with Crippen molar-refractivity contribution in [3.8, 4) is 0 Å². The number of aliphatic hydroxyl groups is 1. The Bertz CT molecular complexity index is 423. The molecule has 0 radical (unpaired) electrons. The maximum atomic E-state index is 10.8. The topological polar surface area (TPSA) is 93.2 Å². The molecule has 0 aromatic carbocycles. The summed E-state index contributed by atoms with van der Waals surface area (Å²) >= 11 is 0. The summed E-state index contributed by atoms with van der Waals surface area (Å²) in [7, 11) is 1.70. The van der Waals surface area contributed by atoms with Crippen molar-refractivity contribution in [3.05, 3.63) is 16.4 Å². The van der Waals surface area contributed by atoms with E-state index in [0.29, 0.717) is 5.82 Å². The van der Waals surface area contributed by atoms with E-state index >= 15 is 0 Å². The summed E-state index contributed by atoms with van der Waals surface area (Å²) in [5.74, 6) is 0.179. The minimum Gasteiger partial charge on any atom is -0.394 e. The predicted octanol–water partition coefficient (Wildman–Crippen LogP) is 1.05. The van der Waals surface area contributed by atoms with E-state index in [1.165, 1.54) is 6.33 Å². The van der Waals surface area contributed by atoms with Crippen LogP contribution in [0.2, 0.25) is 0 Å². The van der Waals surface area contributed by atoms with Crippen LogP contribution < -0.4 is 5.32 Å². The Kier molecular flexibility index (Phi) is 3.01. The highest BCUT2D eigenvalue weighted by Gasteiger charge is 2.36. The van der Waals surface area contributed by atoms with Crippen molar-refractivity contribution in [1.82, 2.24) is 9.55 Å². The normalized spacial score (nSPS) is 18.2. The van der Waals surface area contributed by atoms with Crippen molar-refractivity contribution >= 4 is 11.6 Å². The molecule has 17 heavy (non-hydrogen) atoms. The van der Waals surface area contributed by atoms with Gasteiger partial charge in [0.15, 0.2) is 0 Å². The van der Waals surface area contributed by atoms with E-state index in [1.807, 2.05) is 0 Å². The lowest BCUT2D eigenvalue weighted by Crippen LogP contribution is -2.39. The standard InChI is InChI=1S/C10H16N4O3/c1-13-7-11-8(14(16)17)9(13)12-10(6-15)4-2-3-5-10/h7,12,15H,2-6H2,1H3. The molecule has 2 N–H and O–H groups in total. The SMILES string of the molecule is Cn1cnc([N+](=O)[O-])c1NC1(CO)CCCC1. The van der Waals surface area contributed by atoms with Crippen LogP contribution in [0.5, 0.6) is 0 Å². The van der Waals surface area contributed by atoms with E-state index in [1.54, 1.807) is 11.6 Å². The first-order valence-electron chi connectivity index (χ1n) is 5.63. The number of nitro groups is 1. The first-order chi connectivity index (χ1) is 8.08. The number of nitrogens with one attached hydrogen (secondary N) is 1. The molecule has 1 aromatic rings. The molecule has 0 atom stereocenters. The van der Waals surface area contributed by atoms with Gasteiger partial charge in [0.05, 0.1) is 12.1 Å². The zero-order chi connectivity index (χ0) is 12.5. The number of hydrogen-bond acceptors (Lipinski definition) is 5. The van der Waals surface area contributed by atoms with Gasteiger partial charge in [0.25, 0.3) is 0 Å². The number of aliphatic hydroxyl groups excluding tert-OH is 1. The monoisotopic (exact) mass is 240 g/mol. The third-order valence-electron chi connectivity index (χ3n) is 3.34. The summed E-state index contributed by atoms with van der Waals surface area (Å²) in [6, 6.07) is 0. The van der Waals surface area contributed by atoms with Crippen LogP contribution in [0.15, 0.2) is 6.33 Å². The highest BCUT2D eigenvalue weighted by Crippen LogP contribution is 2.35. The number of rotatable bonds is 4. The number of aromatic nitrogens is 2. The van der Waals surface area contributed by atoms with E-state index in [9.17, 15) is 15.2 Å². The van der Waals surface area contributed by atoms with Crippen LogP contribution in [0.4, 0.5) is 11.6 Å². The molecule has 1 aromatic heterocycles. The maximum absolute atomic E-state index is 10.8. The third-order valence-corrected chi connectivity index (χ3v) is 3.34. The smallest absolute Gasteiger partial charge is 0.394 e. The van der Waals surface area contributed by atoms with E-state index in [-0.39, 0.29) is 12.4 Å². The maximum Gasteiger partial charge on any atom is 0.406 e. The summed E-state index contributed by atoms with van der Waals surface area (Å²) in [4.78, 5) is 14.1. The largest absolute Gasteiger partial charge is 0.406 e. The van der Waals surface area contributed by atoms with Crippen molar-refractivity contribution in [1.29, 1.82) is 0 Å². The fourth-order valence-electron chi connectivity index (χ4n) is 2.32. The lowest BCUT2D eigenvalue weighted by atomic mass is 9.99. The second kappa shape index (κ2) is 4.33. The Morgan fingerprint density at radius 3 is 2.82 bits per heavy atom. The average Bonchev–Trinajstić information content (AvgIpc) is 2.89. The van der Waals surface area contributed by atoms with Crippen LogP contribution in [0.25, 0.3) is 0 Å².